The molecule has 3 aromatic carbocycles. The molecule has 1 saturated heterocycles. The number of fused-ring (bicyclic) bond motifs is 1. The highest BCUT2D eigenvalue weighted by atomic mass is 35.5. The van der Waals surface area contributed by atoms with Gasteiger partial charge in [0.1, 0.15) is 0 Å². The van der Waals surface area contributed by atoms with Gasteiger partial charge in [-0.3, -0.25) is 9.69 Å². The van der Waals surface area contributed by atoms with Crippen molar-refractivity contribution in [3.05, 3.63) is 98.5 Å². The van der Waals surface area contributed by atoms with Crippen LogP contribution in [0.2, 0.25) is 10.0 Å². The molecule has 0 aromatic heterocycles. The largest absolute Gasteiger partial charge is 0.416 e. The molecule has 1 fully saturated rings. The van der Waals surface area contributed by atoms with E-state index in [1.807, 2.05) is 0 Å². The van der Waals surface area contributed by atoms with Crippen LogP contribution in [0.3, 0.4) is 0 Å². The maximum absolute atomic E-state index is 13.4. The first-order valence-electron chi connectivity index (χ1n) is 14.7. The summed E-state index contributed by atoms with van der Waals surface area (Å²) in [7, 11) is -4.48. The molecule has 1 aliphatic heterocycles. The molecule has 2 N–H and O–H groups in total. The van der Waals surface area contributed by atoms with Gasteiger partial charge in [-0.25, -0.2) is 13.1 Å². The Labute approximate surface area is 266 Å². The topological polar surface area (TPSA) is 78.5 Å². The molecule has 0 saturated carbocycles. The van der Waals surface area contributed by atoms with Crippen LogP contribution >= 0.6 is 23.2 Å². The minimum atomic E-state index is -4.73. The van der Waals surface area contributed by atoms with E-state index in [1.54, 1.807) is 0 Å². The number of piperidine rings is 1. The Morgan fingerprint density at radius 1 is 0.955 bits per heavy atom. The number of sulfonamides is 1. The Morgan fingerprint density at radius 3 is 2.39 bits per heavy atom. The van der Waals surface area contributed by atoms with Crippen LogP contribution < -0.4 is 10.0 Å². The van der Waals surface area contributed by atoms with E-state index in [9.17, 15) is 26.4 Å². The highest BCUT2D eigenvalue weighted by molar-refractivity contribution is 7.89. The second-order valence-electron chi connectivity index (χ2n) is 11.5. The second kappa shape index (κ2) is 13.8. The van der Waals surface area contributed by atoms with Gasteiger partial charge in [-0.15, -0.1) is 0 Å². The molecule has 6 nitrogen and oxygen atoms in total. The Bertz CT molecular complexity index is 1590. The minimum absolute atomic E-state index is 0.220. The maximum Gasteiger partial charge on any atom is 0.416 e. The Kier molecular flexibility index (Phi) is 10.3. The summed E-state index contributed by atoms with van der Waals surface area (Å²) in [6.07, 6.45) is 1.20. The van der Waals surface area contributed by atoms with Gasteiger partial charge < -0.3 is 5.32 Å². The fourth-order valence-corrected chi connectivity index (χ4v) is 7.84. The fourth-order valence-electron chi connectivity index (χ4n) is 6.03. The number of likely N-dealkylation sites (tertiary alicyclic amines) is 1. The van der Waals surface area contributed by atoms with Crippen molar-refractivity contribution in [3.8, 4) is 0 Å². The minimum Gasteiger partial charge on any atom is -0.349 e. The molecule has 0 spiro atoms. The van der Waals surface area contributed by atoms with Gasteiger partial charge in [0, 0.05) is 23.0 Å². The highest BCUT2D eigenvalue weighted by Gasteiger charge is 2.33. The average molecular weight is 669 g/mol. The molecule has 2 unspecified atom stereocenters. The van der Waals surface area contributed by atoms with Crippen LogP contribution in [0.4, 0.5) is 13.2 Å². The van der Waals surface area contributed by atoms with Crippen LogP contribution in [-0.2, 0) is 34.0 Å². The number of nitrogens with zero attached hydrogens (tertiary/aromatic N) is 1. The molecular weight excluding hydrogens is 634 g/mol. The van der Waals surface area contributed by atoms with Crippen molar-refractivity contribution >= 4 is 39.1 Å². The van der Waals surface area contributed by atoms with E-state index in [0.717, 1.165) is 62.7 Å². The first-order chi connectivity index (χ1) is 20.9. The van der Waals surface area contributed by atoms with E-state index in [-0.39, 0.29) is 22.5 Å². The average Bonchev–Trinajstić information content (AvgIpc) is 2.96. The standard InChI is InChI=1S/C32H34Cl2F3N3O3S/c33-25-15-23(16-26(34)18-25)30(39-44(42,43)27-8-5-7-24(17-27)32(35,36)37)19-31(41)38-29-9-4-6-22-14-21(10-11-28(22)29)20-40-12-2-1-3-13-40/h5,7-8,10-11,14-18,29-30,39H,1-4,6,9,12-13,19-20H2,(H,38,41). The predicted octanol–water partition coefficient (Wildman–Crippen LogP) is 7.60. The summed E-state index contributed by atoms with van der Waals surface area (Å²) in [6.45, 7) is 3.11. The molecule has 5 rings (SSSR count). The number of amides is 1. The van der Waals surface area contributed by atoms with Crippen molar-refractivity contribution in [2.75, 3.05) is 13.1 Å². The number of alkyl halides is 3. The summed E-state index contributed by atoms with van der Waals surface area (Å²) in [6, 6.07) is 12.8. The van der Waals surface area contributed by atoms with Crippen LogP contribution in [-0.4, -0.2) is 32.3 Å². The highest BCUT2D eigenvalue weighted by Crippen LogP contribution is 2.34. The van der Waals surface area contributed by atoms with E-state index in [1.165, 1.54) is 48.6 Å². The van der Waals surface area contributed by atoms with Crippen LogP contribution in [0.1, 0.15) is 78.4 Å². The van der Waals surface area contributed by atoms with Crippen LogP contribution in [0, 0.1) is 0 Å². The lowest BCUT2D eigenvalue weighted by Gasteiger charge is -2.29. The zero-order valence-electron chi connectivity index (χ0n) is 24.0. The molecule has 0 bridgehead atoms. The van der Waals surface area contributed by atoms with Gasteiger partial charge in [0.05, 0.1) is 22.5 Å². The van der Waals surface area contributed by atoms with Crippen LogP contribution in [0.25, 0.3) is 0 Å². The number of carbonyl (C=O) groups is 1. The number of hydrogen-bond donors (Lipinski definition) is 2. The first-order valence-corrected chi connectivity index (χ1v) is 16.9. The lowest BCUT2D eigenvalue weighted by molar-refractivity contribution is -0.137. The SMILES string of the molecule is O=C(CC(NS(=O)(=O)c1cccc(C(F)(F)F)c1)c1cc(Cl)cc(Cl)c1)NC1CCCc2cc(CN3CCCCC3)ccc21. The molecule has 44 heavy (non-hydrogen) atoms. The number of aryl methyl sites for hydroxylation is 1. The van der Waals surface area contributed by atoms with Crippen molar-refractivity contribution in [1.29, 1.82) is 0 Å². The number of nitrogens with one attached hydrogen (secondary N) is 2. The maximum atomic E-state index is 13.4. The smallest absolute Gasteiger partial charge is 0.349 e. The number of hydrogen-bond acceptors (Lipinski definition) is 4. The van der Waals surface area contributed by atoms with Crippen molar-refractivity contribution in [2.45, 2.75) is 74.6 Å². The van der Waals surface area contributed by atoms with E-state index in [4.69, 9.17) is 23.2 Å². The molecule has 2 atom stereocenters. The van der Waals surface area contributed by atoms with Crippen LogP contribution in [0.5, 0.6) is 0 Å². The third-order valence-corrected chi connectivity index (χ3v) is 10.1. The van der Waals surface area contributed by atoms with Gasteiger partial charge in [-0.1, -0.05) is 53.9 Å². The lowest BCUT2D eigenvalue weighted by atomic mass is 9.86. The first kappa shape index (κ1) is 32.8. The van der Waals surface area contributed by atoms with E-state index >= 15 is 0 Å². The van der Waals surface area contributed by atoms with Crippen molar-refractivity contribution in [1.82, 2.24) is 14.9 Å². The number of benzene rings is 3. The summed E-state index contributed by atoms with van der Waals surface area (Å²) in [5.41, 5.74) is 2.69. The summed E-state index contributed by atoms with van der Waals surface area (Å²) in [5, 5.41) is 3.50. The monoisotopic (exact) mass is 667 g/mol. The van der Waals surface area contributed by atoms with E-state index in [0.29, 0.717) is 11.6 Å². The Hall–Kier alpha value is -2.63. The summed E-state index contributed by atoms with van der Waals surface area (Å²) >= 11 is 12.4. The quantitative estimate of drug-likeness (QED) is 0.246. The van der Waals surface area contributed by atoms with E-state index in [2.05, 4.69) is 33.1 Å². The summed E-state index contributed by atoms with van der Waals surface area (Å²) in [4.78, 5) is 15.3. The number of rotatable bonds is 9. The summed E-state index contributed by atoms with van der Waals surface area (Å²) in [5.74, 6) is -0.423. The second-order valence-corrected chi connectivity index (χ2v) is 14.1. The van der Waals surface area contributed by atoms with E-state index < -0.39 is 38.6 Å². The Balaban J connectivity index is 1.34. The zero-order valence-corrected chi connectivity index (χ0v) is 26.3. The fraction of sp³-hybridized carbons (Fsp3) is 0.406. The predicted molar refractivity (Wildman–Crippen MR) is 165 cm³/mol. The van der Waals surface area contributed by atoms with Crippen molar-refractivity contribution in [2.24, 2.45) is 0 Å². The molecule has 1 aliphatic carbocycles. The van der Waals surface area contributed by atoms with Gasteiger partial charge in [0.25, 0.3) is 0 Å². The van der Waals surface area contributed by atoms with Gasteiger partial charge >= 0.3 is 6.18 Å². The third kappa shape index (κ3) is 8.34. The molecular formula is C32H34Cl2F3N3O3S. The third-order valence-electron chi connectivity index (χ3n) is 8.16. The van der Waals surface area contributed by atoms with Gasteiger partial charge in [-0.05, 0) is 104 Å². The lowest BCUT2D eigenvalue weighted by Crippen LogP contribution is -2.36. The Morgan fingerprint density at radius 2 is 1.68 bits per heavy atom. The van der Waals surface area contributed by atoms with Crippen molar-refractivity contribution < 1.29 is 26.4 Å². The van der Waals surface area contributed by atoms with Gasteiger partial charge in [0.15, 0.2) is 0 Å². The van der Waals surface area contributed by atoms with Gasteiger partial charge in [0.2, 0.25) is 15.9 Å². The molecule has 1 amide bonds. The zero-order chi connectivity index (χ0) is 31.5. The normalized spacial score (nSPS) is 18.4. The molecule has 12 heteroatoms. The van der Waals surface area contributed by atoms with Gasteiger partial charge in [-0.2, -0.15) is 13.2 Å². The molecule has 3 aromatic rings. The summed E-state index contributed by atoms with van der Waals surface area (Å²) < 4.78 is 68.9. The van der Waals surface area contributed by atoms with Crippen molar-refractivity contribution in [3.63, 3.8) is 0 Å². The van der Waals surface area contributed by atoms with Crippen LogP contribution in [0.15, 0.2) is 65.6 Å². The molecule has 236 valence electrons. The molecule has 2 aliphatic rings. The number of halogens is 5. The molecule has 0 radical (unpaired) electrons. The number of carbonyl (C=O) groups excluding carboxylic acids is 1. The molecule has 1 heterocycles.